The van der Waals surface area contributed by atoms with Crippen molar-refractivity contribution < 1.29 is 14.2 Å². The van der Waals surface area contributed by atoms with Gasteiger partial charge in [0.2, 0.25) is 0 Å². The lowest BCUT2D eigenvalue weighted by Crippen LogP contribution is -2.41. The molecule has 2 heterocycles. The van der Waals surface area contributed by atoms with E-state index < -0.39 is 0 Å². The third-order valence-electron chi connectivity index (χ3n) is 4.21. The van der Waals surface area contributed by atoms with Gasteiger partial charge in [-0.15, -0.1) is 0 Å². The zero-order valence-electron chi connectivity index (χ0n) is 12.1. The summed E-state index contributed by atoms with van der Waals surface area (Å²) in [6.07, 6.45) is 3.44. The maximum atomic E-state index is 6.01. The van der Waals surface area contributed by atoms with Crippen LogP contribution in [0.1, 0.15) is 19.3 Å². The summed E-state index contributed by atoms with van der Waals surface area (Å²) in [5.41, 5.74) is 0.0719. The van der Waals surface area contributed by atoms with Gasteiger partial charge in [0, 0.05) is 10.9 Å². The molecule has 3 rings (SSSR count). The number of hydrogen-bond acceptors (Lipinski definition) is 4. The molecule has 1 spiro atoms. The number of ether oxygens (including phenoxy) is 3. The average molecular weight is 356 g/mol. The maximum absolute atomic E-state index is 6.01. The highest BCUT2D eigenvalue weighted by Gasteiger charge is 2.41. The zero-order valence-corrected chi connectivity index (χ0v) is 13.7. The van der Waals surface area contributed by atoms with Crippen molar-refractivity contribution >= 4 is 15.9 Å². The third-order valence-corrected chi connectivity index (χ3v) is 4.74. The molecule has 116 valence electrons. The van der Waals surface area contributed by atoms with E-state index in [0.29, 0.717) is 13.2 Å². The topological polar surface area (TPSA) is 39.7 Å². The Bertz CT molecular complexity index is 445. The Labute approximate surface area is 134 Å². The van der Waals surface area contributed by atoms with Crippen molar-refractivity contribution in [1.82, 2.24) is 5.32 Å². The van der Waals surface area contributed by atoms with Gasteiger partial charge in [-0.25, -0.2) is 0 Å². The average Bonchev–Trinajstić information content (AvgIpc) is 2.89. The van der Waals surface area contributed by atoms with E-state index >= 15 is 0 Å². The Morgan fingerprint density at radius 3 is 2.71 bits per heavy atom. The highest BCUT2D eigenvalue weighted by atomic mass is 79.9. The Morgan fingerprint density at radius 2 is 1.95 bits per heavy atom. The molecular weight excluding hydrogens is 334 g/mol. The lowest BCUT2D eigenvalue weighted by Gasteiger charge is -2.32. The van der Waals surface area contributed by atoms with Crippen LogP contribution in [0.25, 0.3) is 0 Å². The molecule has 1 aromatic rings. The van der Waals surface area contributed by atoms with E-state index in [1.165, 1.54) is 0 Å². The summed E-state index contributed by atoms with van der Waals surface area (Å²) in [4.78, 5) is 0. The van der Waals surface area contributed by atoms with Crippen LogP contribution >= 0.6 is 15.9 Å². The Balaban J connectivity index is 1.35. The second kappa shape index (κ2) is 7.09. The van der Waals surface area contributed by atoms with Gasteiger partial charge < -0.3 is 19.5 Å². The summed E-state index contributed by atoms with van der Waals surface area (Å²) < 4.78 is 18.6. The van der Waals surface area contributed by atoms with Gasteiger partial charge in [0.05, 0.1) is 24.9 Å². The normalized spacial score (nSPS) is 24.3. The summed E-state index contributed by atoms with van der Waals surface area (Å²) in [5.74, 6) is 0.874. The molecule has 0 bridgehead atoms. The van der Waals surface area contributed by atoms with Crippen LogP contribution < -0.4 is 10.1 Å². The molecule has 0 amide bonds. The molecule has 1 unspecified atom stereocenters. The third kappa shape index (κ3) is 4.19. The monoisotopic (exact) mass is 355 g/mol. The molecule has 0 radical (unpaired) electrons. The molecule has 2 aliphatic rings. The van der Waals surface area contributed by atoms with Gasteiger partial charge in [-0.3, -0.25) is 0 Å². The van der Waals surface area contributed by atoms with Crippen LogP contribution in [0, 0.1) is 0 Å². The smallest absolute Gasteiger partial charge is 0.119 e. The van der Waals surface area contributed by atoms with Crippen LogP contribution in [0.2, 0.25) is 0 Å². The van der Waals surface area contributed by atoms with Crippen LogP contribution in [0.5, 0.6) is 5.75 Å². The second-order valence-corrected chi connectivity index (χ2v) is 6.66. The Kier molecular flexibility index (Phi) is 5.16. The molecule has 21 heavy (non-hydrogen) atoms. The fraction of sp³-hybridized carbons (Fsp3) is 0.625. The molecule has 2 saturated heterocycles. The van der Waals surface area contributed by atoms with Gasteiger partial charge in [0.25, 0.3) is 0 Å². The molecule has 0 aliphatic carbocycles. The molecule has 0 saturated carbocycles. The number of hydrogen-bond donors (Lipinski definition) is 1. The first-order valence-electron chi connectivity index (χ1n) is 7.60. The molecule has 4 nitrogen and oxygen atoms in total. The summed E-state index contributed by atoms with van der Waals surface area (Å²) in [7, 11) is 0. The molecule has 1 aromatic carbocycles. The van der Waals surface area contributed by atoms with E-state index in [2.05, 4.69) is 21.2 Å². The quantitative estimate of drug-likeness (QED) is 0.824. The largest absolute Gasteiger partial charge is 0.491 e. The van der Waals surface area contributed by atoms with E-state index in [0.717, 1.165) is 49.2 Å². The first kappa shape index (κ1) is 15.3. The highest BCUT2D eigenvalue weighted by molar-refractivity contribution is 9.10. The maximum Gasteiger partial charge on any atom is 0.119 e. The van der Waals surface area contributed by atoms with Crippen molar-refractivity contribution in [2.75, 3.05) is 32.9 Å². The minimum atomic E-state index is 0.0719. The van der Waals surface area contributed by atoms with E-state index in [1.54, 1.807) is 0 Å². The molecule has 1 N–H and O–H groups in total. The minimum Gasteiger partial charge on any atom is -0.491 e. The van der Waals surface area contributed by atoms with Gasteiger partial charge in [-0.2, -0.15) is 0 Å². The Morgan fingerprint density at radius 1 is 1.19 bits per heavy atom. The predicted molar refractivity (Wildman–Crippen MR) is 84.8 cm³/mol. The van der Waals surface area contributed by atoms with E-state index in [1.807, 2.05) is 24.3 Å². The SMILES string of the molecule is Brc1ccc(OCCOC2COC3(CCNCC3)C2)cc1. The summed E-state index contributed by atoms with van der Waals surface area (Å²) in [6, 6.07) is 7.85. The Hall–Kier alpha value is -0.620. The number of nitrogens with one attached hydrogen (secondary N) is 1. The van der Waals surface area contributed by atoms with Crippen molar-refractivity contribution in [3.63, 3.8) is 0 Å². The van der Waals surface area contributed by atoms with Gasteiger partial charge in [0.15, 0.2) is 0 Å². The summed E-state index contributed by atoms with van der Waals surface area (Å²) in [5, 5.41) is 3.38. The molecule has 2 fully saturated rings. The number of piperidine rings is 1. The molecule has 5 heteroatoms. The van der Waals surface area contributed by atoms with Gasteiger partial charge in [-0.1, -0.05) is 15.9 Å². The first-order valence-corrected chi connectivity index (χ1v) is 8.40. The summed E-state index contributed by atoms with van der Waals surface area (Å²) >= 11 is 3.41. The first-order chi connectivity index (χ1) is 10.3. The molecule has 2 aliphatic heterocycles. The van der Waals surface area contributed by atoms with Crippen molar-refractivity contribution in [1.29, 1.82) is 0 Å². The lowest BCUT2D eigenvalue weighted by molar-refractivity contribution is -0.0241. The predicted octanol–water partition coefficient (Wildman–Crippen LogP) is 2.76. The van der Waals surface area contributed by atoms with E-state index in [-0.39, 0.29) is 11.7 Å². The number of rotatable bonds is 5. The zero-order chi connectivity index (χ0) is 14.5. The van der Waals surface area contributed by atoms with Crippen molar-refractivity contribution in [2.24, 2.45) is 0 Å². The van der Waals surface area contributed by atoms with Gasteiger partial charge in [-0.05, 0) is 50.2 Å². The minimum absolute atomic E-state index is 0.0719. The van der Waals surface area contributed by atoms with Crippen molar-refractivity contribution in [3.05, 3.63) is 28.7 Å². The van der Waals surface area contributed by atoms with Crippen LogP contribution in [-0.2, 0) is 9.47 Å². The van der Waals surface area contributed by atoms with Gasteiger partial charge >= 0.3 is 0 Å². The van der Waals surface area contributed by atoms with Crippen LogP contribution in [-0.4, -0.2) is 44.6 Å². The second-order valence-electron chi connectivity index (χ2n) is 5.74. The van der Waals surface area contributed by atoms with Crippen molar-refractivity contribution in [2.45, 2.75) is 31.0 Å². The fourth-order valence-corrected chi connectivity index (χ4v) is 3.31. The van der Waals surface area contributed by atoms with Crippen LogP contribution in [0.3, 0.4) is 0 Å². The van der Waals surface area contributed by atoms with E-state index in [4.69, 9.17) is 14.2 Å². The standard InChI is InChI=1S/C16H22BrNO3/c17-13-1-3-14(4-2-13)19-9-10-20-15-11-16(21-12-15)5-7-18-8-6-16/h1-4,15,18H,5-12H2. The fourth-order valence-electron chi connectivity index (χ4n) is 3.05. The van der Waals surface area contributed by atoms with Crippen molar-refractivity contribution in [3.8, 4) is 5.75 Å². The highest BCUT2D eigenvalue weighted by Crippen LogP contribution is 2.35. The van der Waals surface area contributed by atoms with Crippen LogP contribution in [0.4, 0.5) is 0 Å². The lowest BCUT2D eigenvalue weighted by atomic mass is 9.89. The summed E-state index contributed by atoms with van der Waals surface area (Å²) in [6.45, 7) is 4.02. The number of halogens is 1. The molecule has 1 atom stereocenters. The molecular formula is C16H22BrNO3. The molecule has 0 aromatic heterocycles. The van der Waals surface area contributed by atoms with Crippen LogP contribution in [0.15, 0.2) is 28.7 Å². The number of benzene rings is 1. The van der Waals surface area contributed by atoms with E-state index in [9.17, 15) is 0 Å². The van der Waals surface area contributed by atoms with Gasteiger partial charge in [0.1, 0.15) is 12.4 Å².